The highest BCUT2D eigenvalue weighted by molar-refractivity contribution is 5.35. The largest absolute Gasteiger partial charge is 0.366 e. The first kappa shape index (κ1) is 23.0. The summed E-state index contributed by atoms with van der Waals surface area (Å²) in [7, 11) is 0. The van der Waals surface area contributed by atoms with Gasteiger partial charge in [0.2, 0.25) is 0 Å². The van der Waals surface area contributed by atoms with Crippen LogP contribution in [0.2, 0.25) is 0 Å². The molecule has 0 heterocycles. The number of hydrogen-bond acceptors (Lipinski definition) is 1. The lowest BCUT2D eigenvalue weighted by Gasteiger charge is -2.21. The molecular weight excluding hydrogens is 400 g/mol. The van der Waals surface area contributed by atoms with Gasteiger partial charge in [-0.25, -0.2) is 0 Å². The van der Waals surface area contributed by atoms with E-state index in [4.69, 9.17) is 4.74 Å². The number of rotatable bonds is 8. The summed E-state index contributed by atoms with van der Waals surface area (Å²) in [5, 5.41) is 0. The van der Waals surface area contributed by atoms with Crippen molar-refractivity contribution in [2.45, 2.75) is 51.7 Å². The van der Waals surface area contributed by atoms with Crippen molar-refractivity contribution in [3.8, 4) is 0 Å². The minimum atomic E-state index is 0.0315. The fourth-order valence-corrected chi connectivity index (χ4v) is 4.44. The maximum absolute atomic E-state index is 6.39. The summed E-state index contributed by atoms with van der Waals surface area (Å²) >= 11 is 0. The highest BCUT2D eigenvalue weighted by Crippen LogP contribution is 2.30. The van der Waals surface area contributed by atoms with Crippen molar-refractivity contribution in [1.29, 1.82) is 0 Å². The van der Waals surface area contributed by atoms with Crippen LogP contribution in [-0.4, -0.2) is 0 Å². The van der Waals surface area contributed by atoms with E-state index in [0.717, 1.165) is 0 Å². The van der Waals surface area contributed by atoms with Gasteiger partial charge in [0.25, 0.3) is 0 Å². The van der Waals surface area contributed by atoms with Crippen molar-refractivity contribution in [3.63, 3.8) is 0 Å². The van der Waals surface area contributed by atoms with Crippen LogP contribution in [0.15, 0.2) is 109 Å². The minimum absolute atomic E-state index is 0.0315. The summed E-state index contributed by atoms with van der Waals surface area (Å²) in [6.45, 7) is 8.79. The van der Waals surface area contributed by atoms with Crippen LogP contribution in [0.1, 0.15) is 85.1 Å². The first-order valence-electron chi connectivity index (χ1n) is 12.0. The molecule has 0 aliphatic carbocycles. The van der Waals surface area contributed by atoms with Crippen LogP contribution in [0.3, 0.4) is 0 Å². The van der Waals surface area contributed by atoms with Gasteiger partial charge < -0.3 is 4.74 Å². The van der Waals surface area contributed by atoms with Gasteiger partial charge in [0.05, 0.1) is 12.2 Å². The highest BCUT2D eigenvalue weighted by Gasteiger charge is 2.15. The van der Waals surface area contributed by atoms with E-state index < -0.39 is 0 Å². The van der Waals surface area contributed by atoms with Crippen molar-refractivity contribution in [3.05, 3.63) is 143 Å². The van der Waals surface area contributed by atoms with Gasteiger partial charge in [-0.05, 0) is 47.2 Å². The molecule has 0 fully saturated rings. The van der Waals surface area contributed by atoms with Crippen molar-refractivity contribution >= 4 is 0 Å². The lowest BCUT2D eigenvalue weighted by Crippen LogP contribution is -2.06. The molecule has 0 saturated carbocycles. The summed E-state index contributed by atoms with van der Waals surface area (Å²) < 4.78 is 6.39. The molecule has 4 rings (SSSR count). The van der Waals surface area contributed by atoms with E-state index in [9.17, 15) is 0 Å². The molecule has 0 amide bonds. The fraction of sp³-hybridized carbons (Fsp3) is 0.250. The van der Waals surface area contributed by atoms with Crippen molar-refractivity contribution in [2.75, 3.05) is 0 Å². The normalized spacial score (nSPS) is 14.9. The fourth-order valence-electron chi connectivity index (χ4n) is 4.44. The molecule has 0 saturated heterocycles. The Morgan fingerprint density at radius 1 is 0.364 bits per heavy atom. The minimum Gasteiger partial charge on any atom is -0.366 e. The Kier molecular flexibility index (Phi) is 7.42. The topological polar surface area (TPSA) is 9.23 Å². The first-order valence-corrected chi connectivity index (χ1v) is 12.0. The van der Waals surface area contributed by atoms with Crippen molar-refractivity contribution in [1.82, 2.24) is 0 Å². The quantitative estimate of drug-likeness (QED) is 0.269. The van der Waals surface area contributed by atoms with Gasteiger partial charge in [0, 0.05) is 11.8 Å². The van der Waals surface area contributed by atoms with Gasteiger partial charge >= 0.3 is 0 Å². The molecule has 0 aromatic heterocycles. The van der Waals surface area contributed by atoms with Gasteiger partial charge in [-0.15, -0.1) is 0 Å². The van der Waals surface area contributed by atoms with Crippen LogP contribution in [-0.2, 0) is 4.74 Å². The molecule has 0 bridgehead atoms. The lowest BCUT2D eigenvalue weighted by atomic mass is 9.92. The third-order valence-corrected chi connectivity index (χ3v) is 6.82. The maximum atomic E-state index is 6.39. The van der Waals surface area contributed by atoms with E-state index in [1.165, 1.54) is 33.4 Å². The number of benzene rings is 4. The molecule has 4 unspecified atom stereocenters. The second-order valence-corrected chi connectivity index (χ2v) is 9.02. The van der Waals surface area contributed by atoms with Gasteiger partial charge in [0.15, 0.2) is 0 Å². The summed E-state index contributed by atoms with van der Waals surface area (Å²) in [5.74, 6) is 0.763. The Morgan fingerprint density at radius 3 is 0.970 bits per heavy atom. The molecule has 33 heavy (non-hydrogen) atoms. The highest BCUT2D eigenvalue weighted by atomic mass is 16.5. The zero-order valence-electron chi connectivity index (χ0n) is 20.1. The second-order valence-electron chi connectivity index (χ2n) is 9.02. The molecule has 4 aromatic carbocycles. The molecular formula is C32H34O. The average Bonchev–Trinajstić information content (AvgIpc) is 2.89. The molecule has 1 nitrogen and oxygen atoms in total. The molecule has 0 N–H and O–H groups in total. The van der Waals surface area contributed by atoms with Gasteiger partial charge in [-0.1, -0.05) is 123 Å². The van der Waals surface area contributed by atoms with Crippen molar-refractivity contribution in [2.24, 2.45) is 0 Å². The van der Waals surface area contributed by atoms with E-state index in [2.05, 4.69) is 137 Å². The van der Waals surface area contributed by atoms with Crippen LogP contribution >= 0.6 is 0 Å². The third-order valence-electron chi connectivity index (χ3n) is 6.82. The molecule has 168 valence electrons. The van der Waals surface area contributed by atoms with Gasteiger partial charge in [-0.2, -0.15) is 0 Å². The van der Waals surface area contributed by atoms with Crippen molar-refractivity contribution < 1.29 is 4.74 Å². The zero-order valence-corrected chi connectivity index (χ0v) is 20.1. The molecule has 4 atom stereocenters. The van der Waals surface area contributed by atoms with E-state index in [1.54, 1.807) is 0 Å². The third kappa shape index (κ3) is 5.61. The van der Waals surface area contributed by atoms with Gasteiger partial charge in [-0.3, -0.25) is 0 Å². The number of ether oxygens (including phenoxy) is 1. The Balaban J connectivity index is 1.38. The summed E-state index contributed by atoms with van der Waals surface area (Å²) in [4.78, 5) is 0. The smallest absolute Gasteiger partial charge is 0.0805 e. The first-order chi connectivity index (χ1) is 16.0. The molecule has 1 heteroatoms. The molecule has 0 aliphatic rings. The SMILES string of the molecule is CC(OC(C)c1ccc(C(C)c2ccccc2)cc1)c1ccc(C(C)c2ccccc2)cc1. The van der Waals surface area contributed by atoms with E-state index >= 15 is 0 Å². The van der Waals surface area contributed by atoms with Crippen LogP contribution in [0.5, 0.6) is 0 Å². The predicted molar refractivity (Wildman–Crippen MR) is 139 cm³/mol. The Morgan fingerprint density at radius 2 is 0.636 bits per heavy atom. The van der Waals surface area contributed by atoms with E-state index in [0.29, 0.717) is 11.8 Å². The molecule has 0 radical (unpaired) electrons. The van der Waals surface area contributed by atoms with Crippen LogP contribution < -0.4 is 0 Å². The maximum Gasteiger partial charge on any atom is 0.0805 e. The zero-order chi connectivity index (χ0) is 23.2. The second kappa shape index (κ2) is 10.6. The van der Waals surface area contributed by atoms with E-state index in [-0.39, 0.29) is 12.2 Å². The lowest BCUT2D eigenvalue weighted by molar-refractivity contribution is 0.00585. The summed E-state index contributed by atoms with van der Waals surface area (Å²) in [6.07, 6.45) is 0.0630. The standard InChI is InChI=1S/C32H34O/c1-23(27-11-7-5-8-12-27)29-15-19-31(20-16-29)25(3)33-26(4)32-21-17-30(18-22-32)24(2)28-13-9-6-10-14-28/h5-26H,1-4H3. The van der Waals surface area contributed by atoms with Crippen LogP contribution in [0, 0.1) is 0 Å². The van der Waals surface area contributed by atoms with Crippen LogP contribution in [0.4, 0.5) is 0 Å². The number of hydrogen-bond donors (Lipinski definition) is 0. The van der Waals surface area contributed by atoms with Gasteiger partial charge in [0.1, 0.15) is 0 Å². The monoisotopic (exact) mass is 434 g/mol. The Labute approximate surface area is 199 Å². The Hall–Kier alpha value is -3.16. The molecule has 0 spiro atoms. The molecule has 0 aliphatic heterocycles. The average molecular weight is 435 g/mol. The van der Waals surface area contributed by atoms with Crippen LogP contribution in [0.25, 0.3) is 0 Å². The predicted octanol–water partition coefficient (Wildman–Crippen LogP) is 8.83. The Bertz CT molecular complexity index is 1020. The summed E-state index contributed by atoms with van der Waals surface area (Å²) in [5.41, 5.74) is 7.75. The van der Waals surface area contributed by atoms with E-state index in [1.807, 2.05) is 0 Å². The molecule has 4 aromatic rings. The summed E-state index contributed by atoms with van der Waals surface area (Å²) in [6, 6.07) is 39.1.